The van der Waals surface area contributed by atoms with Gasteiger partial charge in [-0.25, -0.2) is 0 Å². The number of carbonyl (C=O) groups excluding carboxylic acids is 3. The molecule has 0 heterocycles. The second-order valence-corrected chi connectivity index (χ2v) is 8.49. The zero-order valence-electron chi connectivity index (χ0n) is 16.1. The van der Waals surface area contributed by atoms with E-state index in [4.69, 9.17) is 9.47 Å². The summed E-state index contributed by atoms with van der Waals surface area (Å²) in [6.45, 7) is 13.8. The molecule has 0 saturated heterocycles. The van der Waals surface area contributed by atoms with Crippen molar-refractivity contribution in [2.24, 2.45) is 11.3 Å². The van der Waals surface area contributed by atoms with Crippen LogP contribution in [-0.2, 0) is 23.9 Å². The first-order valence-electron chi connectivity index (χ1n) is 8.34. The molecule has 1 aliphatic rings. The predicted octanol–water partition coefficient (Wildman–Crippen LogP) is 3.60. The van der Waals surface area contributed by atoms with Gasteiger partial charge in [0.25, 0.3) is 0 Å². The molecule has 0 spiro atoms. The molecule has 0 aliphatic heterocycles. The summed E-state index contributed by atoms with van der Waals surface area (Å²) in [5, 5.41) is 0. The van der Waals surface area contributed by atoms with E-state index < -0.39 is 34.5 Å². The van der Waals surface area contributed by atoms with Gasteiger partial charge in [-0.15, -0.1) is 0 Å². The fraction of sp³-hybridized carbons (Fsp3) is 0.737. The number of ketones is 1. The zero-order valence-corrected chi connectivity index (χ0v) is 16.1. The number of allylic oxidation sites excluding steroid dienone is 2. The Bertz CT molecular complexity index is 529. The third-order valence-electron chi connectivity index (χ3n) is 3.95. The molecule has 0 N–H and O–H groups in total. The van der Waals surface area contributed by atoms with Gasteiger partial charge in [-0.2, -0.15) is 0 Å². The van der Waals surface area contributed by atoms with E-state index in [1.807, 2.05) is 13.0 Å². The molecule has 0 aromatic heterocycles. The smallest absolute Gasteiger partial charge is 0.324 e. The van der Waals surface area contributed by atoms with Gasteiger partial charge in [0.15, 0.2) is 5.41 Å². The highest BCUT2D eigenvalue weighted by Gasteiger charge is 2.57. The number of hydrogen-bond acceptors (Lipinski definition) is 5. The minimum atomic E-state index is -1.46. The Morgan fingerprint density at radius 1 is 1.00 bits per heavy atom. The van der Waals surface area contributed by atoms with Gasteiger partial charge in [0, 0.05) is 5.92 Å². The molecule has 5 nitrogen and oxygen atoms in total. The number of esters is 2. The number of Topliss-reactive ketones (excluding diaryl/α,β-unsaturated/α-hetero) is 1. The maximum absolute atomic E-state index is 12.9. The zero-order chi connectivity index (χ0) is 18.9. The summed E-state index contributed by atoms with van der Waals surface area (Å²) in [7, 11) is 0. The van der Waals surface area contributed by atoms with Gasteiger partial charge in [-0.1, -0.05) is 11.6 Å². The summed E-state index contributed by atoms with van der Waals surface area (Å²) >= 11 is 0. The van der Waals surface area contributed by atoms with Gasteiger partial charge >= 0.3 is 11.9 Å². The first-order chi connectivity index (χ1) is 10.7. The van der Waals surface area contributed by atoms with Gasteiger partial charge in [0.2, 0.25) is 0 Å². The maximum Gasteiger partial charge on any atom is 0.324 e. The van der Waals surface area contributed by atoms with Crippen molar-refractivity contribution in [3.05, 3.63) is 11.6 Å². The molecule has 0 aromatic carbocycles. The van der Waals surface area contributed by atoms with Crippen LogP contribution in [0.25, 0.3) is 0 Å². The van der Waals surface area contributed by atoms with Crippen molar-refractivity contribution in [2.45, 2.75) is 79.4 Å². The number of carbonyl (C=O) groups is 3. The molecule has 1 rings (SSSR count). The van der Waals surface area contributed by atoms with Crippen LogP contribution >= 0.6 is 0 Å². The molecular weight excluding hydrogens is 308 g/mol. The van der Waals surface area contributed by atoms with Crippen LogP contribution in [0.15, 0.2) is 11.6 Å². The molecule has 1 aliphatic carbocycles. The molecule has 1 fully saturated rings. The van der Waals surface area contributed by atoms with E-state index in [9.17, 15) is 14.4 Å². The third kappa shape index (κ3) is 4.68. The van der Waals surface area contributed by atoms with E-state index in [-0.39, 0.29) is 18.6 Å². The predicted molar refractivity (Wildman–Crippen MR) is 91.3 cm³/mol. The van der Waals surface area contributed by atoms with Crippen molar-refractivity contribution in [1.82, 2.24) is 0 Å². The highest BCUT2D eigenvalue weighted by atomic mass is 16.6. The molecule has 0 bridgehead atoms. The Balaban J connectivity index is 3.31. The van der Waals surface area contributed by atoms with Crippen molar-refractivity contribution < 1.29 is 23.9 Å². The van der Waals surface area contributed by atoms with Crippen LogP contribution in [0, 0.1) is 11.3 Å². The maximum atomic E-state index is 12.9. The van der Waals surface area contributed by atoms with Crippen LogP contribution in [0.5, 0.6) is 0 Å². The summed E-state index contributed by atoms with van der Waals surface area (Å²) in [6, 6.07) is 0. The van der Waals surface area contributed by atoms with Crippen LogP contribution in [0.2, 0.25) is 0 Å². The minimum absolute atomic E-state index is 0.0582. The molecule has 5 heteroatoms. The van der Waals surface area contributed by atoms with Crippen molar-refractivity contribution in [3.8, 4) is 0 Å². The van der Waals surface area contributed by atoms with Crippen LogP contribution in [0.3, 0.4) is 0 Å². The van der Waals surface area contributed by atoms with Gasteiger partial charge < -0.3 is 9.47 Å². The molecule has 24 heavy (non-hydrogen) atoms. The van der Waals surface area contributed by atoms with Gasteiger partial charge in [0.05, 0.1) is 0 Å². The van der Waals surface area contributed by atoms with Crippen molar-refractivity contribution in [1.29, 1.82) is 0 Å². The Kier molecular flexibility index (Phi) is 5.69. The van der Waals surface area contributed by atoms with Crippen molar-refractivity contribution in [3.63, 3.8) is 0 Å². The molecule has 0 amide bonds. The van der Waals surface area contributed by atoms with E-state index in [2.05, 4.69) is 0 Å². The molecule has 1 saturated carbocycles. The molecular formula is C19H30O5. The summed E-state index contributed by atoms with van der Waals surface area (Å²) in [6.07, 6.45) is 2.08. The van der Waals surface area contributed by atoms with Crippen molar-refractivity contribution in [2.75, 3.05) is 0 Å². The normalized spacial score (nSPS) is 22.3. The molecule has 0 aromatic rings. The van der Waals surface area contributed by atoms with E-state index in [1.165, 1.54) is 6.92 Å². The first-order valence-corrected chi connectivity index (χ1v) is 8.34. The second-order valence-electron chi connectivity index (χ2n) is 8.49. The average Bonchev–Trinajstić information content (AvgIpc) is 2.75. The van der Waals surface area contributed by atoms with E-state index >= 15 is 0 Å². The van der Waals surface area contributed by atoms with Crippen LogP contribution in [-0.4, -0.2) is 28.9 Å². The monoisotopic (exact) mass is 338 g/mol. The summed E-state index contributed by atoms with van der Waals surface area (Å²) < 4.78 is 11.0. The lowest BCUT2D eigenvalue weighted by Gasteiger charge is -2.32. The van der Waals surface area contributed by atoms with Crippen LogP contribution in [0.1, 0.15) is 68.2 Å². The standard InChI is InChI=1S/C19H30O5/c1-9-13-10-19(11-14(13)12(2)20,15(21)23-17(3,4)5)16(22)24-18(6,7)8/h9,14H,10-11H2,1-8H3/b13-9+. The Morgan fingerprint density at radius 2 is 1.42 bits per heavy atom. The molecule has 1 unspecified atom stereocenters. The summed E-state index contributed by atoms with van der Waals surface area (Å²) in [5.74, 6) is -1.74. The van der Waals surface area contributed by atoms with E-state index in [1.54, 1.807) is 41.5 Å². The molecule has 0 radical (unpaired) electrons. The summed E-state index contributed by atoms with van der Waals surface area (Å²) in [5.41, 5.74) is -2.12. The second kappa shape index (κ2) is 6.69. The summed E-state index contributed by atoms with van der Waals surface area (Å²) in [4.78, 5) is 37.7. The molecule has 136 valence electrons. The number of rotatable bonds is 3. The average molecular weight is 338 g/mol. The van der Waals surface area contributed by atoms with Gasteiger partial charge in [-0.3, -0.25) is 14.4 Å². The number of ether oxygens (including phenoxy) is 2. The first kappa shape index (κ1) is 20.4. The lowest BCUT2D eigenvalue weighted by Crippen LogP contribution is -2.45. The fourth-order valence-corrected chi connectivity index (χ4v) is 2.88. The Labute approximate surface area is 144 Å². The van der Waals surface area contributed by atoms with Crippen molar-refractivity contribution >= 4 is 17.7 Å². The van der Waals surface area contributed by atoms with E-state index in [0.717, 1.165) is 5.57 Å². The molecule has 1 atom stereocenters. The lowest BCUT2D eigenvalue weighted by molar-refractivity contribution is -0.184. The Hall–Kier alpha value is -1.65. The number of hydrogen-bond donors (Lipinski definition) is 0. The lowest BCUT2D eigenvalue weighted by atomic mass is 9.84. The van der Waals surface area contributed by atoms with Gasteiger partial charge in [-0.05, 0) is 68.2 Å². The largest absolute Gasteiger partial charge is 0.459 e. The Morgan fingerprint density at radius 3 is 1.67 bits per heavy atom. The fourth-order valence-electron chi connectivity index (χ4n) is 2.88. The SMILES string of the molecule is C/C=C1\CC(C(=O)OC(C)(C)C)(C(=O)OC(C)(C)C)CC1C(C)=O. The highest BCUT2D eigenvalue weighted by Crippen LogP contribution is 2.48. The third-order valence-corrected chi connectivity index (χ3v) is 3.95. The quantitative estimate of drug-likeness (QED) is 0.447. The van der Waals surface area contributed by atoms with Crippen LogP contribution in [0.4, 0.5) is 0 Å². The van der Waals surface area contributed by atoms with Gasteiger partial charge in [0.1, 0.15) is 17.0 Å². The van der Waals surface area contributed by atoms with Crippen LogP contribution < -0.4 is 0 Å². The topological polar surface area (TPSA) is 69.7 Å². The minimum Gasteiger partial charge on any atom is -0.459 e. The van der Waals surface area contributed by atoms with E-state index in [0.29, 0.717) is 0 Å². The highest BCUT2D eigenvalue weighted by molar-refractivity contribution is 6.02.